The summed E-state index contributed by atoms with van der Waals surface area (Å²) in [6, 6.07) is 7.51. The van der Waals surface area contributed by atoms with E-state index in [1.54, 1.807) is 17.4 Å². The van der Waals surface area contributed by atoms with E-state index in [1.807, 2.05) is 44.4 Å². The van der Waals surface area contributed by atoms with E-state index in [4.69, 9.17) is 16.3 Å². The number of Topliss-reactive ketones (excluding diaryl/α,β-unsaturated/α-hetero) is 1. The summed E-state index contributed by atoms with van der Waals surface area (Å²) in [6.07, 6.45) is 5.34. The van der Waals surface area contributed by atoms with Gasteiger partial charge >= 0.3 is 0 Å². The van der Waals surface area contributed by atoms with E-state index in [0.717, 1.165) is 46.0 Å². The molecule has 0 N–H and O–H groups in total. The third-order valence-electron chi connectivity index (χ3n) is 5.17. The lowest BCUT2D eigenvalue weighted by molar-refractivity contribution is 0.0637. The Hall–Kier alpha value is -0.990. The molecule has 2 aromatic rings. The molecule has 3 rings (SSSR count). The van der Waals surface area contributed by atoms with Crippen LogP contribution in [-0.4, -0.2) is 19.0 Å². The van der Waals surface area contributed by atoms with E-state index < -0.39 is 0 Å². The van der Waals surface area contributed by atoms with Crippen LogP contribution < -0.4 is 5.30 Å². The van der Waals surface area contributed by atoms with Crippen LogP contribution in [0, 0.1) is 12.8 Å². The van der Waals surface area contributed by atoms with Crippen molar-refractivity contribution in [1.29, 1.82) is 0 Å². The Morgan fingerprint density at radius 1 is 1.21 bits per heavy atom. The van der Waals surface area contributed by atoms with E-state index in [0.29, 0.717) is 10.6 Å². The number of thiophene rings is 1. The lowest BCUT2D eigenvalue weighted by atomic mass is 9.94. The van der Waals surface area contributed by atoms with Crippen molar-refractivity contribution in [1.82, 2.24) is 0 Å². The van der Waals surface area contributed by atoms with Crippen molar-refractivity contribution in [3.05, 3.63) is 56.2 Å². The quantitative estimate of drug-likeness (QED) is 0.276. The standard InChI is InChI=1S/C16H16ClOPS.C8H16O/c1-9(2)14(11-7-8-20-10(11)3)16(18)12-5-4-6-13(19)15(12)17;1-2-3-8-4-6-9-7-5-8/h4-8H,19H2,1-3H3;8H,2-7H2,1H3. The Morgan fingerprint density at radius 3 is 2.45 bits per heavy atom. The van der Waals surface area contributed by atoms with E-state index in [1.165, 1.54) is 25.7 Å². The van der Waals surface area contributed by atoms with Crippen LogP contribution >= 0.6 is 32.2 Å². The normalized spacial score (nSPS) is 14.1. The van der Waals surface area contributed by atoms with Crippen LogP contribution in [-0.2, 0) is 4.74 Å². The van der Waals surface area contributed by atoms with Crippen LogP contribution in [0.25, 0.3) is 5.57 Å². The smallest absolute Gasteiger partial charge is 0.195 e. The molecular formula is C24H32ClO2PS. The van der Waals surface area contributed by atoms with Gasteiger partial charge in [0, 0.05) is 29.2 Å². The number of allylic oxidation sites excluding steroid dienone is 2. The lowest BCUT2D eigenvalue weighted by Gasteiger charge is -2.20. The fraction of sp³-hybridized carbons (Fsp3) is 0.458. The minimum absolute atomic E-state index is 0.0131. The molecule has 2 nitrogen and oxygen atoms in total. The maximum Gasteiger partial charge on any atom is 0.195 e. The second-order valence-corrected chi connectivity index (χ2v) is 9.77. The van der Waals surface area contributed by atoms with Gasteiger partial charge in [-0.2, -0.15) is 0 Å². The molecule has 0 radical (unpaired) electrons. The van der Waals surface area contributed by atoms with Crippen molar-refractivity contribution in [3.63, 3.8) is 0 Å². The van der Waals surface area contributed by atoms with Crippen LogP contribution in [0.15, 0.2) is 35.2 Å². The highest BCUT2D eigenvalue weighted by Gasteiger charge is 2.21. The summed E-state index contributed by atoms with van der Waals surface area (Å²) in [5, 5.41) is 3.36. The van der Waals surface area contributed by atoms with Crippen molar-refractivity contribution in [2.24, 2.45) is 5.92 Å². The zero-order chi connectivity index (χ0) is 21.4. The molecule has 158 valence electrons. The van der Waals surface area contributed by atoms with Gasteiger partial charge in [0.25, 0.3) is 0 Å². The molecule has 1 aliphatic heterocycles. The van der Waals surface area contributed by atoms with E-state index >= 15 is 0 Å². The summed E-state index contributed by atoms with van der Waals surface area (Å²) in [5.74, 6) is 0.963. The Kier molecular flexibility index (Phi) is 10.1. The van der Waals surface area contributed by atoms with E-state index in [9.17, 15) is 4.79 Å². The molecule has 2 heterocycles. The molecule has 5 heteroatoms. The summed E-state index contributed by atoms with van der Waals surface area (Å²) < 4.78 is 5.25. The first kappa shape index (κ1) is 24.3. The first-order valence-electron chi connectivity index (χ1n) is 10.2. The Balaban J connectivity index is 0.000000278. The lowest BCUT2D eigenvalue weighted by Crippen LogP contribution is -2.14. The van der Waals surface area contributed by atoms with Gasteiger partial charge < -0.3 is 4.74 Å². The number of halogens is 1. The summed E-state index contributed by atoms with van der Waals surface area (Å²) in [5.41, 5.74) is 3.31. The molecule has 1 aromatic heterocycles. The average molecular weight is 451 g/mol. The summed E-state index contributed by atoms with van der Waals surface area (Å²) in [6.45, 7) is 10.2. The number of hydrogen-bond donors (Lipinski definition) is 0. The van der Waals surface area contributed by atoms with Crippen LogP contribution in [0.5, 0.6) is 0 Å². The minimum Gasteiger partial charge on any atom is -0.381 e. The van der Waals surface area contributed by atoms with Gasteiger partial charge in [-0.3, -0.25) is 4.79 Å². The van der Waals surface area contributed by atoms with Crippen LogP contribution in [0.3, 0.4) is 0 Å². The molecule has 1 aromatic carbocycles. The van der Waals surface area contributed by atoms with Crippen molar-refractivity contribution in [2.45, 2.75) is 53.4 Å². The van der Waals surface area contributed by atoms with Gasteiger partial charge in [-0.25, -0.2) is 0 Å². The van der Waals surface area contributed by atoms with Gasteiger partial charge in [0.15, 0.2) is 5.78 Å². The zero-order valence-corrected chi connectivity index (χ0v) is 20.6. The number of carbonyl (C=O) groups is 1. The number of aryl methyl sites for hydroxylation is 1. The summed E-state index contributed by atoms with van der Waals surface area (Å²) in [7, 11) is 2.56. The maximum absolute atomic E-state index is 12.9. The summed E-state index contributed by atoms with van der Waals surface area (Å²) in [4.78, 5) is 14.0. The van der Waals surface area contributed by atoms with Crippen LogP contribution in [0.4, 0.5) is 0 Å². The van der Waals surface area contributed by atoms with Gasteiger partial charge in [0.1, 0.15) is 0 Å². The van der Waals surface area contributed by atoms with Crippen LogP contribution in [0.2, 0.25) is 5.02 Å². The highest BCUT2D eigenvalue weighted by molar-refractivity contribution is 7.28. The third-order valence-corrected chi connectivity index (χ3v) is 7.10. The van der Waals surface area contributed by atoms with E-state index in [2.05, 4.69) is 16.2 Å². The number of carbonyl (C=O) groups excluding carboxylic acids is 1. The second kappa shape index (κ2) is 12.0. The van der Waals surface area contributed by atoms with Crippen LogP contribution in [0.1, 0.15) is 67.3 Å². The van der Waals surface area contributed by atoms with Crippen molar-refractivity contribution < 1.29 is 9.53 Å². The summed E-state index contributed by atoms with van der Waals surface area (Å²) >= 11 is 7.92. The first-order valence-corrected chi connectivity index (χ1v) is 12.1. The molecule has 0 amide bonds. The predicted molar refractivity (Wildman–Crippen MR) is 131 cm³/mol. The van der Waals surface area contributed by atoms with Gasteiger partial charge in [-0.15, -0.1) is 20.6 Å². The third kappa shape index (κ3) is 6.76. The number of hydrogen-bond acceptors (Lipinski definition) is 3. The average Bonchev–Trinajstić information content (AvgIpc) is 3.11. The van der Waals surface area contributed by atoms with Crippen molar-refractivity contribution in [2.75, 3.05) is 13.2 Å². The number of rotatable bonds is 5. The predicted octanol–water partition coefficient (Wildman–Crippen LogP) is 7.10. The molecule has 0 spiro atoms. The fourth-order valence-corrected chi connectivity index (χ4v) is 4.75. The van der Waals surface area contributed by atoms with Gasteiger partial charge in [0.2, 0.25) is 0 Å². The highest BCUT2D eigenvalue weighted by atomic mass is 35.5. The molecule has 1 fully saturated rings. The molecule has 0 bridgehead atoms. The topological polar surface area (TPSA) is 26.3 Å². The zero-order valence-electron chi connectivity index (χ0n) is 17.9. The molecule has 1 saturated heterocycles. The number of ether oxygens (including phenoxy) is 1. The van der Waals surface area contributed by atoms with Crippen molar-refractivity contribution in [3.8, 4) is 0 Å². The number of benzene rings is 1. The minimum atomic E-state index is -0.0131. The SMILES string of the molecule is CC(C)=C(C(=O)c1cccc(P)c1Cl)c1ccsc1C.CCCC1CCOCC1. The van der Waals surface area contributed by atoms with Crippen molar-refractivity contribution >= 4 is 48.8 Å². The molecule has 0 aliphatic carbocycles. The molecule has 0 saturated carbocycles. The van der Waals surface area contributed by atoms with E-state index in [-0.39, 0.29) is 5.78 Å². The Bertz CT molecular complexity index is 844. The Labute approximate surface area is 186 Å². The molecule has 29 heavy (non-hydrogen) atoms. The number of ketones is 1. The van der Waals surface area contributed by atoms with Gasteiger partial charge in [0.05, 0.1) is 5.02 Å². The van der Waals surface area contributed by atoms with Gasteiger partial charge in [-0.1, -0.05) is 49.1 Å². The maximum atomic E-state index is 12.9. The molecule has 1 unspecified atom stereocenters. The molecular weight excluding hydrogens is 419 g/mol. The molecule has 1 atom stereocenters. The largest absolute Gasteiger partial charge is 0.381 e. The Morgan fingerprint density at radius 2 is 1.90 bits per heavy atom. The second-order valence-electron chi connectivity index (χ2n) is 7.65. The van der Waals surface area contributed by atoms with Gasteiger partial charge in [-0.05, 0) is 67.9 Å². The highest BCUT2D eigenvalue weighted by Crippen LogP contribution is 2.31. The first-order chi connectivity index (χ1) is 13.9. The monoisotopic (exact) mass is 450 g/mol. The molecule has 1 aliphatic rings. The fourth-order valence-electron chi connectivity index (χ4n) is 3.57.